The number of carbonyl (C=O) groups is 5. The van der Waals surface area contributed by atoms with E-state index in [0.29, 0.717) is 55.9 Å². The van der Waals surface area contributed by atoms with Crippen LogP contribution in [0.4, 0.5) is 11.4 Å². The minimum Gasteiger partial charge on any atom is -0.376 e. The van der Waals surface area contributed by atoms with E-state index in [9.17, 15) is 24.0 Å². The van der Waals surface area contributed by atoms with Gasteiger partial charge in [0.15, 0.2) is 0 Å². The number of carbonyl (C=O) groups excluding carboxylic acids is 5. The Kier molecular flexibility index (Phi) is 10.5. The summed E-state index contributed by atoms with van der Waals surface area (Å²) in [6.45, 7) is 5.65. The van der Waals surface area contributed by atoms with Crippen LogP contribution in [0.3, 0.4) is 0 Å². The Labute approximate surface area is 303 Å². The van der Waals surface area contributed by atoms with Crippen molar-refractivity contribution in [2.75, 3.05) is 69.3 Å². The molecule has 3 aromatic carbocycles. The van der Waals surface area contributed by atoms with Crippen LogP contribution in [0, 0.1) is 0 Å². The molecule has 4 amide bonds. The Hall–Kier alpha value is -5.27. The Balaban J connectivity index is 0.832. The van der Waals surface area contributed by atoms with Gasteiger partial charge in [0.05, 0.1) is 18.3 Å². The van der Waals surface area contributed by atoms with Crippen molar-refractivity contribution in [3.63, 3.8) is 0 Å². The number of piperidine rings is 2. The molecule has 0 saturated carbocycles. The predicted octanol–water partition coefficient (Wildman–Crippen LogP) is 3.10. The topological polar surface area (TPSA) is 132 Å². The van der Waals surface area contributed by atoms with Crippen LogP contribution in [0.1, 0.15) is 62.3 Å². The number of benzene rings is 3. The smallest absolute Gasteiger partial charge is 0.357 e. The van der Waals surface area contributed by atoms with Gasteiger partial charge in [-0.1, -0.05) is 18.2 Å². The lowest BCUT2D eigenvalue weighted by Crippen LogP contribution is -2.52. The van der Waals surface area contributed by atoms with Crippen LogP contribution in [0.25, 0.3) is 0 Å². The molecule has 1 atom stereocenters. The molecule has 1 unspecified atom stereocenters. The highest BCUT2D eigenvalue weighted by Gasteiger charge is 2.39. The maximum atomic E-state index is 13.2. The number of piperazine rings is 1. The van der Waals surface area contributed by atoms with E-state index >= 15 is 0 Å². The number of hydrogen-bond donors (Lipinski definition) is 1. The molecular formula is C39H44N6O7. The highest BCUT2D eigenvalue weighted by Crippen LogP contribution is 2.31. The molecule has 4 heterocycles. The van der Waals surface area contributed by atoms with Crippen molar-refractivity contribution in [3.8, 4) is 0 Å². The monoisotopic (exact) mass is 708 g/mol. The van der Waals surface area contributed by atoms with Crippen molar-refractivity contribution in [3.05, 3.63) is 95.1 Å². The Morgan fingerprint density at radius 3 is 2.17 bits per heavy atom. The van der Waals surface area contributed by atoms with Gasteiger partial charge in [0.1, 0.15) is 6.04 Å². The summed E-state index contributed by atoms with van der Waals surface area (Å²) in [5, 5.41) is 4.04. The number of fused-ring (bicyclic) bond motifs is 1. The first kappa shape index (κ1) is 35.1. The fourth-order valence-corrected chi connectivity index (χ4v) is 7.31. The van der Waals surface area contributed by atoms with E-state index in [-0.39, 0.29) is 36.2 Å². The molecule has 0 bridgehead atoms. The molecule has 0 radical (unpaired) electrons. The first-order chi connectivity index (χ1) is 25.2. The first-order valence-corrected chi connectivity index (χ1v) is 18.0. The van der Waals surface area contributed by atoms with E-state index in [1.54, 1.807) is 34.0 Å². The van der Waals surface area contributed by atoms with Crippen LogP contribution < -0.4 is 15.1 Å². The van der Waals surface area contributed by atoms with Gasteiger partial charge in [-0.3, -0.25) is 24.5 Å². The second kappa shape index (κ2) is 15.5. The van der Waals surface area contributed by atoms with Crippen molar-refractivity contribution >= 4 is 41.0 Å². The summed E-state index contributed by atoms with van der Waals surface area (Å²) >= 11 is 0. The summed E-state index contributed by atoms with van der Waals surface area (Å²) in [7, 11) is 1.78. The molecule has 1 N–H and O–H groups in total. The zero-order chi connectivity index (χ0) is 36.2. The van der Waals surface area contributed by atoms with E-state index in [1.165, 1.54) is 0 Å². The van der Waals surface area contributed by atoms with Crippen molar-refractivity contribution in [1.29, 1.82) is 0 Å². The number of nitrogens with zero attached hydrogens (tertiary/aromatic N) is 5. The fourth-order valence-electron chi connectivity index (χ4n) is 7.31. The van der Waals surface area contributed by atoms with Gasteiger partial charge in [0, 0.05) is 88.3 Å². The number of imide groups is 1. The Morgan fingerprint density at radius 1 is 0.808 bits per heavy atom. The highest BCUT2D eigenvalue weighted by atomic mass is 16.7. The molecule has 52 heavy (non-hydrogen) atoms. The Bertz CT molecular complexity index is 1800. The van der Waals surface area contributed by atoms with Crippen LogP contribution in [0.15, 0.2) is 72.8 Å². The second-order valence-electron chi connectivity index (χ2n) is 13.7. The van der Waals surface area contributed by atoms with Gasteiger partial charge in [0.2, 0.25) is 11.8 Å². The average Bonchev–Trinajstić information content (AvgIpc) is 3.50. The molecule has 13 nitrogen and oxygen atoms in total. The summed E-state index contributed by atoms with van der Waals surface area (Å²) in [6.07, 6.45) is 2.12. The zero-order valence-corrected chi connectivity index (χ0v) is 29.4. The van der Waals surface area contributed by atoms with Gasteiger partial charge >= 0.3 is 5.97 Å². The van der Waals surface area contributed by atoms with Crippen molar-refractivity contribution in [2.24, 2.45) is 0 Å². The number of ether oxygens (including phenoxy) is 1. The molecule has 13 heteroatoms. The third-order valence-electron chi connectivity index (χ3n) is 10.4. The largest absolute Gasteiger partial charge is 0.376 e. The standard InChI is InChI=1S/C39H44N6O7/c1-41(23-24-51-32-15-17-44(18-16-32)52-39(50)28-5-3-2-4-6-28)37(48)27-7-9-30(10-8-27)42-19-21-43(22-20-42)31-11-12-33-29(25-31)26-45(38(33)49)34-13-14-35(46)40-36(34)47/h2-12,25,32,34H,13-24,26H2,1H3,(H,40,46,47). The van der Waals surface area contributed by atoms with Gasteiger partial charge in [-0.05, 0) is 79.4 Å². The number of nitrogens with one attached hydrogen (secondary N) is 1. The zero-order valence-electron chi connectivity index (χ0n) is 29.4. The maximum absolute atomic E-state index is 13.2. The van der Waals surface area contributed by atoms with Gasteiger partial charge < -0.3 is 29.2 Å². The highest BCUT2D eigenvalue weighted by molar-refractivity contribution is 6.05. The van der Waals surface area contributed by atoms with E-state index < -0.39 is 11.9 Å². The third-order valence-corrected chi connectivity index (χ3v) is 10.4. The molecular weight excluding hydrogens is 664 g/mol. The lowest BCUT2D eigenvalue weighted by Gasteiger charge is -2.37. The summed E-state index contributed by atoms with van der Waals surface area (Å²) in [5.41, 5.74) is 4.76. The van der Waals surface area contributed by atoms with Crippen molar-refractivity contribution in [1.82, 2.24) is 20.2 Å². The number of anilines is 2. The SMILES string of the molecule is CN(CCOC1CCN(OC(=O)c2ccccc2)CC1)C(=O)c1ccc(N2CCN(c3ccc4c(c3)CN(C3CCC(=O)NC3=O)C4=O)CC2)cc1. The van der Waals surface area contributed by atoms with E-state index in [2.05, 4.69) is 15.1 Å². The van der Waals surface area contributed by atoms with E-state index in [0.717, 1.165) is 56.0 Å². The summed E-state index contributed by atoms with van der Waals surface area (Å²) in [5.74, 6) is -1.28. The summed E-state index contributed by atoms with van der Waals surface area (Å²) in [4.78, 5) is 75.9. The van der Waals surface area contributed by atoms with Crippen LogP contribution in [-0.4, -0.2) is 116 Å². The number of likely N-dealkylation sites (N-methyl/N-ethyl adjacent to an activating group) is 1. The Morgan fingerprint density at radius 2 is 1.48 bits per heavy atom. The molecule has 4 aliphatic heterocycles. The number of hydrogen-bond acceptors (Lipinski definition) is 10. The molecule has 4 aliphatic rings. The minimum absolute atomic E-state index is 0.0529. The third kappa shape index (κ3) is 7.80. The van der Waals surface area contributed by atoms with Crippen molar-refractivity contribution in [2.45, 2.75) is 44.4 Å². The molecule has 3 saturated heterocycles. The predicted molar refractivity (Wildman–Crippen MR) is 193 cm³/mol. The lowest BCUT2D eigenvalue weighted by molar-refractivity contribution is -0.140. The molecule has 0 aromatic heterocycles. The minimum atomic E-state index is -0.623. The quantitative estimate of drug-likeness (QED) is 0.314. The first-order valence-electron chi connectivity index (χ1n) is 18.0. The van der Waals surface area contributed by atoms with Crippen molar-refractivity contribution < 1.29 is 33.5 Å². The van der Waals surface area contributed by atoms with Gasteiger partial charge in [0.25, 0.3) is 11.8 Å². The molecule has 3 fully saturated rings. The average molecular weight is 709 g/mol. The van der Waals surface area contributed by atoms with E-state index in [4.69, 9.17) is 9.57 Å². The number of hydroxylamine groups is 2. The van der Waals surface area contributed by atoms with E-state index in [1.807, 2.05) is 60.7 Å². The van der Waals surface area contributed by atoms with Crippen LogP contribution in [0.5, 0.6) is 0 Å². The number of rotatable bonds is 10. The lowest BCUT2D eigenvalue weighted by atomic mass is 10.0. The molecule has 3 aromatic rings. The van der Waals surface area contributed by atoms with Crippen LogP contribution in [0.2, 0.25) is 0 Å². The molecule has 272 valence electrons. The molecule has 0 spiro atoms. The fraction of sp³-hybridized carbons (Fsp3) is 0.410. The van der Waals surface area contributed by atoms with Crippen LogP contribution >= 0.6 is 0 Å². The van der Waals surface area contributed by atoms with Gasteiger partial charge in [-0.25, -0.2) is 4.79 Å². The van der Waals surface area contributed by atoms with Gasteiger partial charge in [-0.2, -0.15) is 0 Å². The number of amides is 4. The van der Waals surface area contributed by atoms with Gasteiger partial charge in [-0.15, -0.1) is 5.06 Å². The molecule has 0 aliphatic carbocycles. The summed E-state index contributed by atoms with van der Waals surface area (Å²) in [6, 6.07) is 21.9. The second-order valence-corrected chi connectivity index (χ2v) is 13.7. The van der Waals surface area contributed by atoms with Crippen LogP contribution in [-0.2, 0) is 25.7 Å². The maximum Gasteiger partial charge on any atom is 0.357 e. The normalized spacial score (nSPS) is 19.8. The molecule has 7 rings (SSSR count). The summed E-state index contributed by atoms with van der Waals surface area (Å²) < 4.78 is 6.07.